The summed E-state index contributed by atoms with van der Waals surface area (Å²) in [6.07, 6.45) is 2.78. The fraction of sp³-hybridized carbons (Fsp3) is 0.211. The fourth-order valence-corrected chi connectivity index (χ4v) is 3.15. The van der Waals surface area contributed by atoms with E-state index in [4.69, 9.17) is 16.3 Å². The quantitative estimate of drug-likeness (QED) is 0.790. The normalized spacial score (nSPS) is 17.8. The molecule has 0 fully saturated rings. The van der Waals surface area contributed by atoms with Gasteiger partial charge in [0.25, 0.3) is 0 Å². The van der Waals surface area contributed by atoms with Gasteiger partial charge in [-0.25, -0.2) is 4.39 Å². The second-order valence-corrected chi connectivity index (χ2v) is 6.07. The standard InChI is InChI=1S/C19H16ClFO2/c1-23-19-7-4-15(20)11-18(19)14-8-13(9-17(22)10-14)12-2-5-16(21)6-3-12/h2-7,10-11,13H,8-9H2,1H3. The topological polar surface area (TPSA) is 26.3 Å². The lowest BCUT2D eigenvalue weighted by atomic mass is 9.81. The highest BCUT2D eigenvalue weighted by Crippen LogP contribution is 2.39. The van der Waals surface area contributed by atoms with Crippen LogP contribution in [0, 0.1) is 5.82 Å². The van der Waals surface area contributed by atoms with Crippen molar-refractivity contribution >= 4 is 23.0 Å². The van der Waals surface area contributed by atoms with Crippen LogP contribution in [0.15, 0.2) is 48.5 Å². The van der Waals surface area contributed by atoms with Crippen molar-refractivity contribution in [3.05, 3.63) is 70.5 Å². The Hall–Kier alpha value is -2.13. The molecule has 4 heteroatoms. The van der Waals surface area contributed by atoms with Crippen LogP contribution in [0.4, 0.5) is 4.39 Å². The summed E-state index contributed by atoms with van der Waals surface area (Å²) < 4.78 is 18.5. The van der Waals surface area contributed by atoms with Crippen LogP contribution in [0.5, 0.6) is 5.75 Å². The summed E-state index contributed by atoms with van der Waals surface area (Å²) in [5, 5.41) is 0.595. The Morgan fingerprint density at radius 3 is 2.57 bits per heavy atom. The maximum atomic E-state index is 13.1. The molecule has 1 aliphatic rings. The van der Waals surface area contributed by atoms with Crippen LogP contribution in [-0.2, 0) is 4.79 Å². The number of halogens is 2. The molecule has 0 saturated heterocycles. The Labute approximate surface area is 139 Å². The first kappa shape index (κ1) is 15.8. The number of ketones is 1. The molecule has 0 amide bonds. The Kier molecular flexibility index (Phi) is 4.49. The number of ether oxygens (including phenoxy) is 1. The van der Waals surface area contributed by atoms with Gasteiger partial charge in [-0.15, -0.1) is 0 Å². The minimum absolute atomic E-state index is 0.0341. The lowest BCUT2D eigenvalue weighted by molar-refractivity contribution is -0.115. The molecule has 1 atom stereocenters. The zero-order chi connectivity index (χ0) is 16.4. The van der Waals surface area contributed by atoms with E-state index < -0.39 is 0 Å². The van der Waals surface area contributed by atoms with Gasteiger partial charge in [-0.2, -0.15) is 0 Å². The molecule has 2 nitrogen and oxygen atoms in total. The molecule has 0 radical (unpaired) electrons. The summed E-state index contributed by atoms with van der Waals surface area (Å²) in [5.74, 6) is 0.505. The molecule has 0 saturated carbocycles. The number of carbonyl (C=O) groups excluding carboxylic acids is 1. The number of hydrogen-bond acceptors (Lipinski definition) is 2. The van der Waals surface area contributed by atoms with E-state index in [1.165, 1.54) is 12.1 Å². The molecule has 3 rings (SSSR count). The van der Waals surface area contributed by atoms with E-state index in [0.29, 0.717) is 23.6 Å². The number of hydrogen-bond donors (Lipinski definition) is 0. The number of allylic oxidation sites excluding steroid dienone is 2. The van der Waals surface area contributed by atoms with Crippen molar-refractivity contribution in [1.29, 1.82) is 0 Å². The van der Waals surface area contributed by atoms with Crippen molar-refractivity contribution in [2.75, 3.05) is 7.11 Å². The van der Waals surface area contributed by atoms with Gasteiger partial charge in [0.1, 0.15) is 11.6 Å². The SMILES string of the molecule is COc1ccc(Cl)cc1C1=CC(=O)CC(c2ccc(F)cc2)C1. The van der Waals surface area contributed by atoms with Crippen molar-refractivity contribution in [3.63, 3.8) is 0 Å². The van der Waals surface area contributed by atoms with Crippen LogP contribution in [-0.4, -0.2) is 12.9 Å². The van der Waals surface area contributed by atoms with E-state index >= 15 is 0 Å². The van der Waals surface area contributed by atoms with Gasteiger partial charge in [0.05, 0.1) is 7.11 Å². The molecule has 1 unspecified atom stereocenters. The molecule has 1 aliphatic carbocycles. The van der Waals surface area contributed by atoms with Crippen LogP contribution in [0.3, 0.4) is 0 Å². The van der Waals surface area contributed by atoms with Crippen LogP contribution in [0.25, 0.3) is 5.57 Å². The number of rotatable bonds is 3. The van der Waals surface area contributed by atoms with E-state index in [9.17, 15) is 9.18 Å². The van der Waals surface area contributed by atoms with Crippen molar-refractivity contribution in [2.45, 2.75) is 18.8 Å². The first-order valence-corrected chi connectivity index (χ1v) is 7.77. The number of methoxy groups -OCH3 is 1. The van der Waals surface area contributed by atoms with Gasteiger partial charge in [-0.05, 0) is 59.9 Å². The molecular formula is C19H16ClFO2. The van der Waals surface area contributed by atoms with E-state index in [1.54, 1.807) is 37.5 Å². The lowest BCUT2D eigenvalue weighted by Crippen LogP contribution is -2.12. The smallest absolute Gasteiger partial charge is 0.156 e. The third kappa shape index (κ3) is 3.45. The minimum Gasteiger partial charge on any atom is -0.496 e. The average molecular weight is 331 g/mol. The maximum Gasteiger partial charge on any atom is 0.156 e. The van der Waals surface area contributed by atoms with E-state index in [1.807, 2.05) is 6.07 Å². The van der Waals surface area contributed by atoms with Crippen LogP contribution >= 0.6 is 11.6 Å². The molecule has 23 heavy (non-hydrogen) atoms. The summed E-state index contributed by atoms with van der Waals surface area (Å²) in [6, 6.07) is 11.7. The molecule has 118 valence electrons. The van der Waals surface area contributed by atoms with Crippen LogP contribution < -0.4 is 4.74 Å². The largest absolute Gasteiger partial charge is 0.496 e. The lowest BCUT2D eigenvalue weighted by Gasteiger charge is -2.23. The second kappa shape index (κ2) is 6.55. The maximum absolute atomic E-state index is 13.1. The summed E-state index contributed by atoms with van der Waals surface area (Å²) >= 11 is 6.09. The van der Waals surface area contributed by atoms with Crippen molar-refractivity contribution in [2.24, 2.45) is 0 Å². The summed E-state index contributed by atoms with van der Waals surface area (Å²) in [7, 11) is 1.59. The zero-order valence-electron chi connectivity index (χ0n) is 12.7. The van der Waals surface area contributed by atoms with Gasteiger partial charge >= 0.3 is 0 Å². The summed E-state index contributed by atoms with van der Waals surface area (Å²) in [5.41, 5.74) is 2.70. The Balaban J connectivity index is 1.96. The monoisotopic (exact) mass is 330 g/mol. The first-order chi connectivity index (χ1) is 11.1. The minimum atomic E-state index is -0.275. The highest BCUT2D eigenvalue weighted by Gasteiger charge is 2.24. The second-order valence-electron chi connectivity index (χ2n) is 5.64. The van der Waals surface area contributed by atoms with Gasteiger partial charge in [0.2, 0.25) is 0 Å². The third-order valence-corrected chi connectivity index (χ3v) is 4.33. The van der Waals surface area contributed by atoms with E-state index in [2.05, 4.69) is 0 Å². The average Bonchev–Trinajstić information content (AvgIpc) is 2.55. The van der Waals surface area contributed by atoms with Gasteiger partial charge in [-0.1, -0.05) is 23.7 Å². The fourth-order valence-electron chi connectivity index (χ4n) is 2.98. The molecule has 0 aromatic heterocycles. The predicted octanol–water partition coefficient (Wildman–Crippen LogP) is 5.02. The van der Waals surface area contributed by atoms with Crippen LogP contribution in [0.1, 0.15) is 29.9 Å². The van der Waals surface area contributed by atoms with E-state index in [-0.39, 0.29) is 17.5 Å². The molecule has 2 aromatic carbocycles. The van der Waals surface area contributed by atoms with Gasteiger partial charge < -0.3 is 4.74 Å². The molecule has 0 heterocycles. The van der Waals surface area contributed by atoms with Crippen molar-refractivity contribution in [1.82, 2.24) is 0 Å². The summed E-state index contributed by atoms with van der Waals surface area (Å²) in [6.45, 7) is 0. The molecule has 0 N–H and O–H groups in total. The van der Waals surface area contributed by atoms with Crippen molar-refractivity contribution < 1.29 is 13.9 Å². The Morgan fingerprint density at radius 2 is 1.87 bits per heavy atom. The predicted molar refractivity (Wildman–Crippen MR) is 89.4 cm³/mol. The third-order valence-electron chi connectivity index (χ3n) is 4.10. The molecular weight excluding hydrogens is 315 g/mol. The molecule has 0 bridgehead atoms. The number of benzene rings is 2. The Morgan fingerprint density at radius 1 is 1.13 bits per heavy atom. The van der Waals surface area contributed by atoms with Gasteiger partial charge in [0.15, 0.2) is 5.78 Å². The molecule has 2 aromatic rings. The summed E-state index contributed by atoms with van der Waals surface area (Å²) in [4.78, 5) is 12.2. The van der Waals surface area contributed by atoms with Crippen LogP contribution in [0.2, 0.25) is 5.02 Å². The number of carbonyl (C=O) groups is 1. The van der Waals surface area contributed by atoms with Gasteiger partial charge in [-0.3, -0.25) is 4.79 Å². The molecule has 0 spiro atoms. The van der Waals surface area contributed by atoms with Gasteiger partial charge in [0, 0.05) is 17.0 Å². The first-order valence-electron chi connectivity index (χ1n) is 7.39. The highest BCUT2D eigenvalue weighted by molar-refractivity contribution is 6.30. The van der Waals surface area contributed by atoms with E-state index in [0.717, 1.165) is 16.7 Å². The highest BCUT2D eigenvalue weighted by atomic mass is 35.5. The molecule has 0 aliphatic heterocycles. The van der Waals surface area contributed by atoms with Crippen molar-refractivity contribution in [3.8, 4) is 5.75 Å². The Bertz CT molecular complexity index is 765. The zero-order valence-corrected chi connectivity index (χ0v) is 13.4.